The minimum atomic E-state index is 0. The molecule has 0 aliphatic rings. The third-order valence-corrected chi connectivity index (χ3v) is 10.3. The minimum Gasteiger partial charge on any atom is -0.509 e. The van der Waals surface area contributed by atoms with E-state index in [0.29, 0.717) is 11.5 Å². The summed E-state index contributed by atoms with van der Waals surface area (Å²) in [5.74, 6) is 1.95. The number of pyridine rings is 3. The second-order valence-corrected chi connectivity index (χ2v) is 13.7. The van der Waals surface area contributed by atoms with E-state index >= 15 is 0 Å². The van der Waals surface area contributed by atoms with E-state index in [-0.39, 0.29) is 20.4 Å². The van der Waals surface area contributed by atoms with Crippen molar-refractivity contribution >= 4 is 21.8 Å². The summed E-state index contributed by atoms with van der Waals surface area (Å²) in [6.07, 6.45) is 9.12. The smallest absolute Gasteiger partial charge is 0.509 e. The summed E-state index contributed by atoms with van der Waals surface area (Å²) in [4.78, 5) is 13.4. The Morgan fingerprint density at radius 2 is 1.29 bits per heavy atom. The molecule has 0 radical (unpaired) electrons. The van der Waals surface area contributed by atoms with Crippen molar-refractivity contribution in [1.82, 2.24) is 29.3 Å². The first-order chi connectivity index (χ1) is 26.4. The zero-order valence-electron chi connectivity index (χ0n) is 31.0. The van der Waals surface area contributed by atoms with Gasteiger partial charge < -0.3 is 9.30 Å². The van der Waals surface area contributed by atoms with Crippen molar-refractivity contribution in [2.24, 2.45) is 0 Å². The van der Waals surface area contributed by atoms with Gasteiger partial charge in [-0.3, -0.25) is 14.6 Å². The number of aromatic nitrogens is 6. The van der Waals surface area contributed by atoms with Gasteiger partial charge in [0.2, 0.25) is 0 Å². The molecule has 0 amide bonds. The molecule has 0 N–H and O–H groups in total. The first-order valence-electron chi connectivity index (χ1n) is 18.0. The number of para-hydroxylation sites is 1. The second-order valence-electron chi connectivity index (χ2n) is 13.7. The van der Waals surface area contributed by atoms with E-state index in [0.717, 1.165) is 67.0 Å². The first kappa shape index (κ1) is 35.8. The molecule has 9 aromatic rings. The minimum absolute atomic E-state index is 0. The summed E-state index contributed by atoms with van der Waals surface area (Å²) in [7, 11) is 0. The number of nitrogens with zero attached hydrogens (tertiary/aromatic N) is 6. The van der Waals surface area contributed by atoms with Crippen LogP contribution in [-0.2, 0) is 20.4 Å². The van der Waals surface area contributed by atoms with Crippen LogP contribution in [0.25, 0.3) is 67.0 Å². The van der Waals surface area contributed by atoms with E-state index in [9.17, 15) is 0 Å². The number of aryl methyl sites for hydroxylation is 3. The summed E-state index contributed by atoms with van der Waals surface area (Å²) < 4.78 is 10.7. The van der Waals surface area contributed by atoms with Crippen molar-refractivity contribution in [2.45, 2.75) is 34.6 Å². The van der Waals surface area contributed by atoms with Gasteiger partial charge in [0.05, 0.1) is 5.69 Å². The van der Waals surface area contributed by atoms with Gasteiger partial charge in [-0.25, -0.2) is 4.98 Å². The van der Waals surface area contributed by atoms with E-state index in [2.05, 4.69) is 104 Å². The predicted octanol–water partition coefficient (Wildman–Crippen LogP) is 11.1. The van der Waals surface area contributed by atoms with Crippen molar-refractivity contribution in [1.29, 1.82) is 0 Å². The molecule has 0 aliphatic carbocycles. The molecule has 5 heterocycles. The van der Waals surface area contributed by atoms with Crippen LogP contribution in [0.1, 0.15) is 27.8 Å². The third-order valence-electron chi connectivity index (χ3n) is 10.3. The molecular formula is C47H36N6OPd. The molecule has 4 aromatic carbocycles. The van der Waals surface area contributed by atoms with Crippen molar-refractivity contribution in [3.8, 4) is 56.6 Å². The molecule has 0 unspecified atom stereocenters. The van der Waals surface area contributed by atoms with Crippen molar-refractivity contribution in [2.75, 3.05) is 0 Å². The summed E-state index contributed by atoms with van der Waals surface area (Å²) in [6.45, 7) is 10.8. The van der Waals surface area contributed by atoms with Crippen LogP contribution in [0.2, 0.25) is 0 Å². The van der Waals surface area contributed by atoms with Crippen LogP contribution < -0.4 is 4.74 Å². The maximum absolute atomic E-state index is 6.58. The summed E-state index contributed by atoms with van der Waals surface area (Å²) in [6, 6.07) is 39.9. The second kappa shape index (κ2) is 14.6. The maximum atomic E-state index is 6.58. The maximum Gasteiger partial charge on any atom is 2.00 e. The topological polar surface area (TPSA) is 70.7 Å². The molecular weight excluding hydrogens is 771 g/mol. The Balaban J connectivity index is 0.00000427. The van der Waals surface area contributed by atoms with Crippen molar-refractivity contribution < 1.29 is 25.2 Å². The molecule has 0 bridgehead atoms. The molecule has 9 rings (SSSR count). The Morgan fingerprint density at radius 3 is 2.02 bits per heavy atom. The number of benzene rings is 4. The molecule has 0 aliphatic heterocycles. The van der Waals surface area contributed by atoms with Crippen LogP contribution in [0.5, 0.6) is 11.5 Å². The average Bonchev–Trinajstić information content (AvgIpc) is 3.74. The fourth-order valence-electron chi connectivity index (χ4n) is 7.46. The normalized spacial score (nSPS) is 11.2. The third kappa shape index (κ3) is 6.34. The molecule has 270 valence electrons. The van der Waals surface area contributed by atoms with Gasteiger partial charge in [0, 0.05) is 64.7 Å². The molecule has 0 spiro atoms. The van der Waals surface area contributed by atoms with Crippen LogP contribution in [0, 0.1) is 46.8 Å². The molecule has 5 aromatic heterocycles. The van der Waals surface area contributed by atoms with Crippen molar-refractivity contribution in [3.05, 3.63) is 168 Å². The van der Waals surface area contributed by atoms with Crippen LogP contribution in [0.15, 0.2) is 128 Å². The average molecular weight is 807 g/mol. The molecule has 0 saturated heterocycles. The number of hydrogen-bond acceptors (Lipinski definition) is 5. The van der Waals surface area contributed by atoms with E-state index < -0.39 is 0 Å². The van der Waals surface area contributed by atoms with Crippen LogP contribution in [-0.4, -0.2) is 29.3 Å². The number of rotatable bonds is 7. The fraction of sp³-hybridized carbons (Fsp3) is 0.106. The molecule has 7 nitrogen and oxygen atoms in total. The Hall–Kier alpha value is -6.20. The van der Waals surface area contributed by atoms with Gasteiger partial charge in [0.1, 0.15) is 11.5 Å². The monoisotopic (exact) mass is 806 g/mol. The Kier molecular flexibility index (Phi) is 9.48. The number of fused-ring (bicyclic) bond motifs is 3. The molecule has 0 saturated carbocycles. The summed E-state index contributed by atoms with van der Waals surface area (Å²) >= 11 is 0. The van der Waals surface area contributed by atoms with Crippen LogP contribution >= 0.6 is 0 Å². The van der Waals surface area contributed by atoms with Gasteiger partial charge in [0.15, 0.2) is 0 Å². The first-order valence-corrected chi connectivity index (χ1v) is 18.0. The van der Waals surface area contributed by atoms with Gasteiger partial charge >= 0.3 is 20.4 Å². The Labute approximate surface area is 334 Å². The van der Waals surface area contributed by atoms with Gasteiger partial charge in [-0.1, -0.05) is 29.8 Å². The molecule has 8 heteroatoms. The van der Waals surface area contributed by atoms with E-state index in [4.69, 9.17) is 14.8 Å². The fourth-order valence-corrected chi connectivity index (χ4v) is 7.46. The predicted molar refractivity (Wildman–Crippen MR) is 215 cm³/mol. The quantitative estimate of drug-likeness (QED) is 0.118. The zero-order chi connectivity index (χ0) is 36.9. The number of ether oxygens (including phenoxy) is 1. The van der Waals surface area contributed by atoms with E-state index in [1.807, 2.05) is 90.3 Å². The zero-order valence-corrected chi connectivity index (χ0v) is 32.6. The molecule has 0 atom stereocenters. The Bertz CT molecular complexity index is 2830. The van der Waals surface area contributed by atoms with Gasteiger partial charge in [-0.2, -0.15) is 17.2 Å². The van der Waals surface area contributed by atoms with E-state index in [1.54, 1.807) is 0 Å². The van der Waals surface area contributed by atoms with Crippen LogP contribution in [0.3, 0.4) is 0 Å². The Morgan fingerprint density at radius 1 is 0.600 bits per heavy atom. The SMILES string of the molecule is Cc1ccnc(-n2c3[c-]c(Oc4[c-]c(-n5nc(-c6ccncc6)c(-c6c(C)c(C)cc(C)c6C)c5-c5ccncc5)ccc4)ccc3c3ccccc32)c1.[Pd+2]. The van der Waals surface area contributed by atoms with Crippen molar-refractivity contribution in [3.63, 3.8) is 0 Å². The van der Waals surface area contributed by atoms with Crippen LogP contribution in [0.4, 0.5) is 0 Å². The molecule has 0 fully saturated rings. The van der Waals surface area contributed by atoms with Gasteiger partial charge in [-0.05, 0) is 122 Å². The molecule has 55 heavy (non-hydrogen) atoms. The summed E-state index contributed by atoms with van der Waals surface area (Å²) in [5, 5.41) is 7.58. The largest absolute Gasteiger partial charge is 2.00 e. The number of hydrogen-bond donors (Lipinski definition) is 0. The van der Waals surface area contributed by atoms with Gasteiger partial charge in [0.25, 0.3) is 0 Å². The standard InChI is InChI=1S/C47H36N6O.Pd/c1-29-15-24-50-43(25-29)52-41-12-7-6-11-39(41)40-14-13-38(28-42(40)52)54-37-10-8-9-36(27-37)53-47(35-18-22-49-23-19-35)45(46(51-53)34-16-20-48-21-17-34)44-32(4)30(2)26-31(3)33(44)5;/h6-26H,1-5H3;/q-2;+2. The summed E-state index contributed by atoms with van der Waals surface area (Å²) in [5.41, 5.74) is 14.7. The van der Waals surface area contributed by atoms with Gasteiger partial charge in [-0.15, -0.1) is 35.7 Å². The van der Waals surface area contributed by atoms with E-state index in [1.165, 1.54) is 27.8 Å².